The van der Waals surface area contributed by atoms with E-state index in [1.54, 1.807) is 0 Å². The number of aliphatic carboxylic acids is 1. The van der Waals surface area contributed by atoms with Crippen molar-refractivity contribution in [2.24, 2.45) is 5.73 Å². The molecule has 0 fully saturated rings. The first-order valence-electron chi connectivity index (χ1n) is 2.27. The third-order valence-corrected chi connectivity index (χ3v) is 1.02. The Labute approximate surface area is 110 Å². The van der Waals surface area contributed by atoms with Crippen molar-refractivity contribution >= 4 is 77.7 Å². The summed E-state index contributed by atoms with van der Waals surface area (Å²) in [5, 5.41) is 8.15. The van der Waals surface area contributed by atoms with Gasteiger partial charge in [-0.15, -0.1) is 0 Å². The summed E-state index contributed by atoms with van der Waals surface area (Å²) in [6.07, 6.45) is 0.429. The van der Waals surface area contributed by atoms with E-state index in [0.29, 0.717) is 12.2 Å². The van der Waals surface area contributed by atoms with Crippen LogP contribution in [0.25, 0.3) is 0 Å². The number of rotatable bonds is 3. The Morgan fingerprint density at radius 3 is 2.10 bits per heavy atom. The van der Waals surface area contributed by atoms with E-state index in [1.807, 2.05) is 0 Å². The molecule has 0 aliphatic rings. The van der Waals surface area contributed by atoms with Crippen LogP contribution < -0.4 is 5.73 Å². The topological polar surface area (TPSA) is 63.3 Å². The van der Waals surface area contributed by atoms with E-state index in [4.69, 9.17) is 10.8 Å². The van der Waals surface area contributed by atoms with Crippen molar-refractivity contribution in [3.05, 3.63) is 0 Å². The van der Waals surface area contributed by atoms with E-state index >= 15 is 0 Å². The van der Waals surface area contributed by atoms with E-state index in [2.05, 4.69) is 12.6 Å². The molecule has 6 heteroatoms. The van der Waals surface area contributed by atoms with Gasteiger partial charge in [0.1, 0.15) is 6.04 Å². The third kappa shape index (κ3) is 9.78. The minimum Gasteiger partial charge on any atom is -0.480 e. The molecule has 1 atom stereocenters. The normalized spacial score (nSPS) is 10.6. The maximum atomic E-state index is 9.93. The predicted octanol–water partition coefficient (Wildman–Crippen LogP) is -1.04. The van der Waals surface area contributed by atoms with Crippen molar-refractivity contribution in [3.8, 4) is 0 Å². The summed E-state index contributed by atoms with van der Waals surface area (Å²) in [6, 6.07) is -0.743. The number of nitrogens with two attached hydrogens (primary N) is 1. The predicted molar refractivity (Wildman–Crippen MR) is 45.6 cm³/mol. The molecule has 10 heavy (non-hydrogen) atoms. The van der Waals surface area contributed by atoms with Gasteiger partial charge in [0.2, 0.25) is 0 Å². The second-order valence-corrected chi connectivity index (χ2v) is 1.90. The Bertz CT molecular complexity index is 93.3. The Hall–Kier alpha value is 1.78. The number of carbonyl (C=O) groups is 1. The SMILES string of the molecule is N[C@@H](CCS)C(=O)O.[Na].[Na]. The van der Waals surface area contributed by atoms with Crippen LogP contribution >= 0.6 is 12.6 Å². The Morgan fingerprint density at radius 2 is 2.00 bits per heavy atom. The molecule has 2 radical (unpaired) electrons. The molecular weight excluding hydrogens is 172 g/mol. The largest absolute Gasteiger partial charge is 0.480 e. The molecule has 0 rings (SSSR count). The molecule has 0 aromatic heterocycles. The fourth-order valence-electron chi connectivity index (χ4n) is 0.263. The zero-order valence-corrected chi connectivity index (χ0v) is 11.3. The van der Waals surface area contributed by atoms with Crippen LogP contribution in [0.3, 0.4) is 0 Å². The zero-order valence-electron chi connectivity index (χ0n) is 6.37. The van der Waals surface area contributed by atoms with Crippen LogP contribution in [0.5, 0.6) is 0 Å². The van der Waals surface area contributed by atoms with Gasteiger partial charge < -0.3 is 10.8 Å². The fourth-order valence-corrected chi connectivity index (χ4v) is 0.541. The van der Waals surface area contributed by atoms with Crippen molar-refractivity contribution in [1.29, 1.82) is 0 Å². The molecule has 0 aliphatic carbocycles. The van der Waals surface area contributed by atoms with E-state index in [0.717, 1.165) is 0 Å². The second kappa shape index (κ2) is 10.8. The van der Waals surface area contributed by atoms with Gasteiger partial charge in [-0.1, -0.05) is 0 Å². The van der Waals surface area contributed by atoms with E-state index in [9.17, 15) is 4.79 Å². The van der Waals surface area contributed by atoms with Crippen LogP contribution in [-0.4, -0.2) is 82.0 Å². The molecule has 0 spiro atoms. The molecule has 0 amide bonds. The van der Waals surface area contributed by atoms with Crippen molar-refractivity contribution in [1.82, 2.24) is 0 Å². The summed E-state index contributed by atoms with van der Waals surface area (Å²) in [5.74, 6) is -0.438. The molecule has 3 nitrogen and oxygen atoms in total. The minimum atomic E-state index is -0.959. The smallest absolute Gasteiger partial charge is 0.320 e. The third-order valence-electron chi connectivity index (χ3n) is 0.757. The number of hydrogen-bond acceptors (Lipinski definition) is 3. The molecule has 0 heterocycles. The van der Waals surface area contributed by atoms with E-state index < -0.39 is 12.0 Å². The van der Waals surface area contributed by atoms with Crippen molar-refractivity contribution in [2.75, 3.05) is 5.75 Å². The van der Waals surface area contributed by atoms with Crippen molar-refractivity contribution < 1.29 is 9.90 Å². The molecule has 0 aliphatic heterocycles. The summed E-state index contributed by atoms with van der Waals surface area (Å²) < 4.78 is 0. The van der Waals surface area contributed by atoms with Crippen LogP contribution in [0.1, 0.15) is 6.42 Å². The molecule has 0 unspecified atom stereocenters. The molecule has 0 aromatic rings. The monoisotopic (exact) mass is 181 g/mol. The summed E-state index contributed by atoms with van der Waals surface area (Å²) in [4.78, 5) is 9.93. The van der Waals surface area contributed by atoms with Crippen molar-refractivity contribution in [2.45, 2.75) is 12.5 Å². The van der Waals surface area contributed by atoms with Crippen LogP contribution in [-0.2, 0) is 4.79 Å². The standard InChI is InChI=1S/C4H9NO2S.2Na/c5-3(1-2-8)4(6)7;;/h3,8H,1-2,5H2,(H,6,7);;/t3-;;/m0../s1. The maximum Gasteiger partial charge on any atom is 0.320 e. The van der Waals surface area contributed by atoms with Crippen LogP contribution in [0.15, 0.2) is 0 Å². The van der Waals surface area contributed by atoms with Gasteiger partial charge in [0.15, 0.2) is 0 Å². The quantitative estimate of drug-likeness (QED) is 0.385. The number of thiol groups is 1. The summed E-state index contributed by atoms with van der Waals surface area (Å²) >= 11 is 3.81. The average Bonchev–Trinajstić information content (AvgIpc) is 1.67. The van der Waals surface area contributed by atoms with E-state index in [1.165, 1.54) is 0 Å². The maximum absolute atomic E-state index is 9.93. The van der Waals surface area contributed by atoms with Gasteiger partial charge in [-0.2, -0.15) is 12.6 Å². The van der Waals surface area contributed by atoms with Gasteiger partial charge in [-0.3, -0.25) is 4.79 Å². The molecule has 0 saturated heterocycles. The Morgan fingerprint density at radius 1 is 1.60 bits per heavy atom. The van der Waals surface area contributed by atoms with Gasteiger partial charge in [0, 0.05) is 59.1 Å². The molecule has 3 N–H and O–H groups in total. The van der Waals surface area contributed by atoms with Crippen LogP contribution in [0.4, 0.5) is 0 Å². The van der Waals surface area contributed by atoms with Gasteiger partial charge in [-0.05, 0) is 12.2 Å². The summed E-state index contributed by atoms with van der Waals surface area (Å²) in [6.45, 7) is 0. The Balaban J connectivity index is -0.000000245. The minimum absolute atomic E-state index is 0. The van der Waals surface area contributed by atoms with Crippen molar-refractivity contribution in [3.63, 3.8) is 0 Å². The first-order valence-corrected chi connectivity index (χ1v) is 2.91. The molecule has 0 saturated carbocycles. The average molecular weight is 181 g/mol. The second-order valence-electron chi connectivity index (χ2n) is 1.46. The van der Waals surface area contributed by atoms with Crippen LogP contribution in [0.2, 0.25) is 0 Å². The van der Waals surface area contributed by atoms with Gasteiger partial charge >= 0.3 is 5.97 Å². The van der Waals surface area contributed by atoms with Gasteiger partial charge in [0.25, 0.3) is 0 Å². The summed E-state index contributed by atoms with van der Waals surface area (Å²) in [7, 11) is 0. The molecule has 0 bridgehead atoms. The number of carboxylic acids is 1. The molecule has 50 valence electrons. The Kier molecular flexibility index (Phi) is 19.1. The number of hydrogen-bond donors (Lipinski definition) is 3. The van der Waals surface area contributed by atoms with Gasteiger partial charge in [-0.25, -0.2) is 0 Å². The molecular formula is C4H9NNa2O2S. The first-order chi connectivity index (χ1) is 3.68. The van der Waals surface area contributed by atoms with Gasteiger partial charge in [0.05, 0.1) is 0 Å². The van der Waals surface area contributed by atoms with Crippen LogP contribution in [0, 0.1) is 0 Å². The number of carboxylic acid groups (broad SMARTS) is 1. The zero-order chi connectivity index (χ0) is 6.57. The fraction of sp³-hybridized carbons (Fsp3) is 0.750. The van der Waals surface area contributed by atoms with E-state index in [-0.39, 0.29) is 59.1 Å². The first kappa shape index (κ1) is 17.8. The molecule has 0 aromatic carbocycles. The summed E-state index contributed by atoms with van der Waals surface area (Å²) in [5.41, 5.74) is 5.08.